The molecule has 0 saturated heterocycles. The second-order valence-electron chi connectivity index (χ2n) is 2.27. The van der Waals surface area contributed by atoms with Crippen molar-refractivity contribution in [3.8, 4) is 0 Å². The Morgan fingerprint density at radius 1 is 1.56 bits per heavy atom. The Morgan fingerprint density at radius 3 is 2.44 bits per heavy atom. The Balaban J connectivity index is 3.84. The molecule has 52 valence electrons. The third-order valence-corrected chi connectivity index (χ3v) is 1.20. The van der Waals surface area contributed by atoms with Crippen molar-refractivity contribution in [3.63, 3.8) is 0 Å². The van der Waals surface area contributed by atoms with Gasteiger partial charge in [-0.25, -0.2) is 0 Å². The standard InChI is InChI=1S/C7H14N2/c1-6(2)7(3)9-5-4-8/h4-6H,8H2,1-3H3/b5-4-,9-7+. The van der Waals surface area contributed by atoms with E-state index in [9.17, 15) is 0 Å². The normalized spacial score (nSPS) is 13.6. The average Bonchev–Trinajstić information content (AvgIpc) is 1.82. The van der Waals surface area contributed by atoms with E-state index in [-0.39, 0.29) is 0 Å². The third-order valence-electron chi connectivity index (χ3n) is 1.20. The maximum Gasteiger partial charge on any atom is 0.0422 e. The summed E-state index contributed by atoms with van der Waals surface area (Å²) >= 11 is 0. The zero-order chi connectivity index (χ0) is 7.28. The molecule has 0 amide bonds. The number of nitrogens with two attached hydrogens (primary N) is 1. The van der Waals surface area contributed by atoms with Crippen molar-refractivity contribution >= 4 is 5.71 Å². The van der Waals surface area contributed by atoms with Crippen molar-refractivity contribution in [3.05, 3.63) is 12.4 Å². The van der Waals surface area contributed by atoms with Gasteiger partial charge in [-0.05, 0) is 12.8 Å². The Kier molecular flexibility index (Phi) is 3.76. The molecular weight excluding hydrogens is 112 g/mol. The van der Waals surface area contributed by atoms with Crippen LogP contribution in [0.15, 0.2) is 17.4 Å². The summed E-state index contributed by atoms with van der Waals surface area (Å²) in [4.78, 5) is 4.05. The third kappa shape index (κ3) is 3.76. The van der Waals surface area contributed by atoms with Crippen LogP contribution in [-0.4, -0.2) is 5.71 Å². The van der Waals surface area contributed by atoms with Crippen LogP contribution in [0.1, 0.15) is 20.8 Å². The molecular formula is C7H14N2. The fourth-order valence-corrected chi connectivity index (χ4v) is 0.310. The fraction of sp³-hybridized carbons (Fsp3) is 0.571. The second-order valence-corrected chi connectivity index (χ2v) is 2.27. The number of rotatable bonds is 2. The maximum absolute atomic E-state index is 5.09. The Bertz CT molecular complexity index is 123. The lowest BCUT2D eigenvalue weighted by atomic mass is 10.1. The minimum atomic E-state index is 0.515. The molecule has 2 nitrogen and oxygen atoms in total. The van der Waals surface area contributed by atoms with Crippen LogP contribution in [0, 0.1) is 5.92 Å². The molecule has 0 radical (unpaired) electrons. The SMILES string of the molecule is C/C(=N\C=C/N)C(C)C. The van der Waals surface area contributed by atoms with Crippen molar-refractivity contribution in [2.75, 3.05) is 0 Å². The van der Waals surface area contributed by atoms with Crippen molar-refractivity contribution in [1.29, 1.82) is 0 Å². The molecule has 0 fully saturated rings. The van der Waals surface area contributed by atoms with Crippen molar-refractivity contribution in [1.82, 2.24) is 0 Å². The molecule has 0 aliphatic rings. The smallest absolute Gasteiger partial charge is 0.0422 e. The highest BCUT2D eigenvalue weighted by Crippen LogP contribution is 1.95. The molecule has 0 aliphatic heterocycles. The van der Waals surface area contributed by atoms with Gasteiger partial charge in [0.05, 0.1) is 0 Å². The largest absolute Gasteiger partial charge is 0.403 e. The minimum Gasteiger partial charge on any atom is -0.403 e. The molecule has 0 atom stereocenters. The lowest BCUT2D eigenvalue weighted by Crippen LogP contribution is -2.00. The van der Waals surface area contributed by atoms with E-state index in [4.69, 9.17) is 5.73 Å². The van der Waals surface area contributed by atoms with E-state index in [1.165, 1.54) is 6.20 Å². The first-order chi connectivity index (χ1) is 4.18. The van der Waals surface area contributed by atoms with Gasteiger partial charge in [-0.3, -0.25) is 4.99 Å². The van der Waals surface area contributed by atoms with Gasteiger partial charge in [-0.1, -0.05) is 13.8 Å². The van der Waals surface area contributed by atoms with E-state index in [2.05, 4.69) is 18.8 Å². The summed E-state index contributed by atoms with van der Waals surface area (Å²) in [5.41, 5.74) is 6.20. The van der Waals surface area contributed by atoms with Gasteiger partial charge in [-0.2, -0.15) is 0 Å². The number of aliphatic imine (C=N–C) groups is 1. The first kappa shape index (κ1) is 8.21. The topological polar surface area (TPSA) is 38.4 Å². The summed E-state index contributed by atoms with van der Waals surface area (Å²) in [7, 11) is 0. The van der Waals surface area contributed by atoms with E-state index in [1.807, 2.05) is 6.92 Å². The van der Waals surface area contributed by atoms with Crippen molar-refractivity contribution in [2.45, 2.75) is 20.8 Å². The molecule has 0 heterocycles. The summed E-state index contributed by atoms with van der Waals surface area (Å²) in [5.74, 6) is 0.515. The van der Waals surface area contributed by atoms with Crippen LogP contribution in [0.25, 0.3) is 0 Å². The highest BCUT2D eigenvalue weighted by molar-refractivity contribution is 5.84. The first-order valence-corrected chi connectivity index (χ1v) is 3.09. The van der Waals surface area contributed by atoms with Crippen LogP contribution < -0.4 is 5.73 Å². The molecule has 0 spiro atoms. The van der Waals surface area contributed by atoms with Gasteiger partial charge < -0.3 is 5.73 Å². The first-order valence-electron chi connectivity index (χ1n) is 3.09. The fourth-order valence-electron chi connectivity index (χ4n) is 0.310. The van der Waals surface area contributed by atoms with Gasteiger partial charge in [0, 0.05) is 18.1 Å². The van der Waals surface area contributed by atoms with Crippen LogP contribution in [-0.2, 0) is 0 Å². The van der Waals surface area contributed by atoms with Crippen LogP contribution in [0.4, 0.5) is 0 Å². The van der Waals surface area contributed by atoms with Gasteiger partial charge in [0.15, 0.2) is 0 Å². The monoisotopic (exact) mass is 126 g/mol. The second kappa shape index (κ2) is 4.13. The Hall–Kier alpha value is -0.790. The summed E-state index contributed by atoms with van der Waals surface area (Å²) < 4.78 is 0. The lowest BCUT2D eigenvalue weighted by Gasteiger charge is -1.99. The molecule has 2 heteroatoms. The Morgan fingerprint density at radius 2 is 2.11 bits per heavy atom. The number of nitrogens with zero attached hydrogens (tertiary/aromatic N) is 1. The summed E-state index contributed by atoms with van der Waals surface area (Å²) in [6.07, 6.45) is 3.04. The lowest BCUT2D eigenvalue weighted by molar-refractivity contribution is 0.878. The molecule has 0 bridgehead atoms. The predicted molar refractivity (Wildman–Crippen MR) is 41.3 cm³/mol. The van der Waals surface area contributed by atoms with E-state index in [0.717, 1.165) is 5.71 Å². The average molecular weight is 126 g/mol. The minimum absolute atomic E-state index is 0.515. The van der Waals surface area contributed by atoms with Crippen molar-refractivity contribution < 1.29 is 0 Å². The molecule has 0 unspecified atom stereocenters. The highest BCUT2D eigenvalue weighted by atomic mass is 14.7. The molecule has 0 saturated carbocycles. The number of hydrogen-bond acceptors (Lipinski definition) is 2. The molecule has 0 aromatic rings. The Labute approximate surface area is 56.5 Å². The predicted octanol–water partition coefficient (Wildman–Crippen LogP) is 1.53. The van der Waals surface area contributed by atoms with Crippen LogP contribution >= 0.6 is 0 Å². The highest BCUT2D eigenvalue weighted by Gasteiger charge is 1.93. The summed E-state index contributed by atoms with van der Waals surface area (Å²) in [6, 6.07) is 0. The van der Waals surface area contributed by atoms with Gasteiger partial charge in [0.2, 0.25) is 0 Å². The van der Waals surface area contributed by atoms with Gasteiger partial charge in [0.25, 0.3) is 0 Å². The van der Waals surface area contributed by atoms with E-state index in [0.29, 0.717) is 5.92 Å². The zero-order valence-electron chi connectivity index (χ0n) is 6.26. The van der Waals surface area contributed by atoms with Crippen LogP contribution in [0.5, 0.6) is 0 Å². The van der Waals surface area contributed by atoms with Crippen LogP contribution in [0.3, 0.4) is 0 Å². The molecule has 0 aromatic heterocycles. The number of hydrogen-bond donors (Lipinski definition) is 1. The van der Waals surface area contributed by atoms with Gasteiger partial charge in [-0.15, -0.1) is 0 Å². The molecule has 2 N–H and O–H groups in total. The molecule has 9 heavy (non-hydrogen) atoms. The molecule has 0 aromatic carbocycles. The molecule has 0 aliphatic carbocycles. The zero-order valence-corrected chi connectivity index (χ0v) is 6.26. The molecule has 0 rings (SSSR count). The van der Waals surface area contributed by atoms with Crippen molar-refractivity contribution in [2.24, 2.45) is 16.6 Å². The van der Waals surface area contributed by atoms with E-state index >= 15 is 0 Å². The van der Waals surface area contributed by atoms with E-state index < -0.39 is 0 Å². The van der Waals surface area contributed by atoms with Gasteiger partial charge >= 0.3 is 0 Å². The van der Waals surface area contributed by atoms with Crippen LogP contribution in [0.2, 0.25) is 0 Å². The van der Waals surface area contributed by atoms with Gasteiger partial charge in [0.1, 0.15) is 0 Å². The summed E-state index contributed by atoms with van der Waals surface area (Å²) in [6.45, 7) is 6.19. The quantitative estimate of drug-likeness (QED) is 0.560. The van der Waals surface area contributed by atoms with E-state index in [1.54, 1.807) is 6.20 Å². The maximum atomic E-state index is 5.09. The summed E-state index contributed by atoms with van der Waals surface area (Å²) in [5, 5.41) is 0.